The number of hydrogen-bond donors (Lipinski definition) is 0. The van der Waals surface area contributed by atoms with Crippen molar-refractivity contribution in [2.45, 2.75) is 140 Å². The van der Waals surface area contributed by atoms with Crippen LogP contribution in [0, 0.1) is 0 Å². The summed E-state index contributed by atoms with van der Waals surface area (Å²) in [5.74, 6) is -4.77. The van der Waals surface area contributed by atoms with Crippen molar-refractivity contribution in [3.8, 4) is 0 Å². The van der Waals surface area contributed by atoms with Crippen molar-refractivity contribution in [2.75, 3.05) is 13.2 Å². The molecule has 0 radical (unpaired) electrons. The third-order valence-electron chi connectivity index (χ3n) is 9.70. The minimum absolute atomic E-state index is 0.245. The maximum absolute atomic E-state index is 14.0. The summed E-state index contributed by atoms with van der Waals surface area (Å²) in [6, 6.07) is 10.2. The number of rotatable bonds is 6. The lowest BCUT2D eigenvalue weighted by Gasteiger charge is -2.29. The molecule has 0 saturated carbocycles. The minimum atomic E-state index is -0.937. The highest BCUT2D eigenvalue weighted by atomic mass is 16.9. The number of ether oxygens (including phenoxy) is 12. The third kappa shape index (κ3) is 6.23. The maximum atomic E-state index is 14.0. The Bertz CT molecular complexity index is 1550. The molecule has 6 aliphatic rings. The second-order valence-corrected chi connectivity index (χ2v) is 15.3. The molecule has 2 aromatic rings. The molecule has 0 N–H and O–H groups in total. The van der Waals surface area contributed by atoms with E-state index in [1.165, 1.54) is 0 Å². The Hall–Kier alpha value is -2.76. The topological polar surface area (TPSA) is 145 Å². The fourth-order valence-electron chi connectivity index (χ4n) is 7.66. The van der Waals surface area contributed by atoms with Crippen LogP contribution in [0.2, 0.25) is 0 Å². The van der Waals surface area contributed by atoms with E-state index in [-0.39, 0.29) is 24.3 Å². The van der Waals surface area contributed by atoms with Crippen LogP contribution in [0.1, 0.15) is 76.1 Å². The first-order valence-electron chi connectivity index (χ1n) is 17.1. The lowest BCUT2D eigenvalue weighted by Crippen LogP contribution is -2.45. The van der Waals surface area contributed by atoms with Gasteiger partial charge in [0.05, 0.1) is 24.3 Å². The highest BCUT2D eigenvalue weighted by Gasteiger charge is 2.61. The summed E-state index contributed by atoms with van der Waals surface area (Å²) in [5.41, 5.74) is 0.494. The van der Waals surface area contributed by atoms with Crippen molar-refractivity contribution in [2.24, 2.45) is 0 Å². The van der Waals surface area contributed by atoms with Gasteiger partial charge in [0.1, 0.15) is 24.4 Å². The van der Waals surface area contributed by atoms with Gasteiger partial charge in [-0.15, -0.1) is 0 Å². The molecule has 6 saturated heterocycles. The zero-order chi connectivity index (χ0) is 35.4. The molecule has 0 unspecified atom stereocenters. The second kappa shape index (κ2) is 11.9. The summed E-state index contributed by atoms with van der Waals surface area (Å²) in [4.78, 5) is 28.0. The van der Waals surface area contributed by atoms with Crippen molar-refractivity contribution in [3.05, 3.63) is 47.5 Å². The molecule has 6 aliphatic heterocycles. The lowest BCUT2D eigenvalue weighted by atomic mass is 9.99. The van der Waals surface area contributed by atoms with Crippen molar-refractivity contribution in [1.29, 1.82) is 0 Å². The summed E-state index contributed by atoms with van der Waals surface area (Å²) in [5, 5.41) is 0.995. The Labute approximate surface area is 289 Å². The highest BCUT2D eigenvalue weighted by molar-refractivity contribution is 6.11. The Morgan fingerprint density at radius 1 is 0.540 bits per heavy atom. The molecule has 6 fully saturated rings. The summed E-state index contributed by atoms with van der Waals surface area (Å²) in [6.45, 7) is 14.8. The van der Waals surface area contributed by atoms with Crippen LogP contribution in [0.5, 0.6) is 0 Å². The molecule has 8 rings (SSSR count). The van der Waals surface area contributed by atoms with Gasteiger partial charge in [0, 0.05) is 0 Å². The molecule has 14 nitrogen and oxygen atoms in total. The van der Waals surface area contributed by atoms with Crippen molar-refractivity contribution in [1.82, 2.24) is 0 Å². The van der Waals surface area contributed by atoms with E-state index in [4.69, 9.17) is 56.8 Å². The molecule has 0 bridgehead atoms. The predicted molar refractivity (Wildman–Crippen MR) is 170 cm³/mol. The van der Waals surface area contributed by atoms with Crippen molar-refractivity contribution in [3.63, 3.8) is 0 Å². The van der Waals surface area contributed by atoms with E-state index in [0.29, 0.717) is 10.8 Å². The maximum Gasteiger partial charge on any atom is 0.339 e. The molecular weight excluding hydrogens is 656 g/mol. The van der Waals surface area contributed by atoms with Gasteiger partial charge in [0.15, 0.2) is 60.1 Å². The normalized spacial score (nSPS) is 39.0. The first kappa shape index (κ1) is 34.3. The number of hydrogen-bond acceptors (Lipinski definition) is 14. The standard InChI is InChI=1S/C36H44O14/c1-33(2)39-15-21(45-33)23-25(27-31(43-23)49-35(5,6)47-27)41-29(37)19-13-14-20(18-12-10-9-11-17(18)19)30(38)42-26-24(22-16-40-34(3,4)46-22)44-32-28(26)48-36(7,8)50-32/h9-14,21-28,31-32H,15-16H2,1-8H3/t21-,22-,23-,24-,25+,26+,27-,28-,31-,32-/m1/s1. The van der Waals surface area contributed by atoms with Crippen LogP contribution in [0.4, 0.5) is 0 Å². The van der Waals surface area contributed by atoms with E-state index >= 15 is 0 Å². The van der Waals surface area contributed by atoms with Gasteiger partial charge in [-0.2, -0.15) is 0 Å². The number of benzene rings is 2. The smallest absolute Gasteiger partial charge is 0.339 e. The van der Waals surface area contributed by atoms with Crippen LogP contribution >= 0.6 is 0 Å². The van der Waals surface area contributed by atoms with Gasteiger partial charge in [-0.3, -0.25) is 0 Å². The van der Waals surface area contributed by atoms with Gasteiger partial charge in [-0.25, -0.2) is 9.59 Å². The molecule has 272 valence electrons. The fraction of sp³-hybridized carbons (Fsp3) is 0.667. The first-order valence-corrected chi connectivity index (χ1v) is 17.1. The van der Waals surface area contributed by atoms with Gasteiger partial charge in [-0.1, -0.05) is 24.3 Å². The number of esters is 2. The summed E-state index contributed by atoms with van der Waals surface area (Å²) >= 11 is 0. The van der Waals surface area contributed by atoms with Gasteiger partial charge in [-0.05, 0) is 78.3 Å². The molecule has 0 spiro atoms. The lowest BCUT2D eigenvalue weighted by molar-refractivity contribution is -0.232. The number of carbonyl (C=O) groups is 2. The van der Waals surface area contributed by atoms with E-state index in [9.17, 15) is 9.59 Å². The SMILES string of the molecule is CC1(C)O[C@H]2O[C@H]([C@H]3COC(C)(C)O3)[C@H](OC(=O)c3ccc(C(=O)O[C@@H]4[C@H]5OC(C)(C)O[C@H]5O[C@@H]4[C@H]4COC(C)(C)O4)c4ccccc34)[C@H]2O1. The Kier molecular flexibility index (Phi) is 8.16. The fourth-order valence-corrected chi connectivity index (χ4v) is 7.66. The van der Waals surface area contributed by atoms with Gasteiger partial charge < -0.3 is 56.8 Å². The van der Waals surface area contributed by atoms with Crippen LogP contribution in [0.25, 0.3) is 10.8 Å². The van der Waals surface area contributed by atoms with Crippen molar-refractivity contribution >= 4 is 22.7 Å². The molecule has 6 heterocycles. The number of fused-ring (bicyclic) bond motifs is 3. The largest absolute Gasteiger partial charge is 0.453 e. The predicted octanol–water partition coefficient (Wildman–Crippen LogP) is 3.95. The molecule has 0 aliphatic carbocycles. The zero-order valence-electron chi connectivity index (χ0n) is 29.4. The Morgan fingerprint density at radius 3 is 1.30 bits per heavy atom. The van der Waals surface area contributed by atoms with E-state index in [0.717, 1.165) is 0 Å². The first-order chi connectivity index (χ1) is 23.5. The molecule has 0 aromatic heterocycles. The monoisotopic (exact) mass is 700 g/mol. The average Bonchev–Trinajstić information content (AvgIpc) is 3.85. The van der Waals surface area contributed by atoms with Crippen molar-refractivity contribution < 1.29 is 66.4 Å². The molecule has 14 heteroatoms. The van der Waals surface area contributed by atoms with Gasteiger partial charge >= 0.3 is 11.9 Å². The van der Waals surface area contributed by atoms with Crippen LogP contribution in [0.3, 0.4) is 0 Å². The molecule has 0 amide bonds. The van der Waals surface area contributed by atoms with Crippen LogP contribution < -0.4 is 0 Å². The van der Waals surface area contributed by atoms with Crippen LogP contribution in [0.15, 0.2) is 36.4 Å². The third-order valence-corrected chi connectivity index (χ3v) is 9.70. The van der Waals surface area contributed by atoms with E-state index in [1.807, 2.05) is 27.7 Å². The molecule has 2 aromatic carbocycles. The average molecular weight is 701 g/mol. The summed E-state index contributed by atoms with van der Waals surface area (Å²) < 4.78 is 72.7. The van der Waals surface area contributed by atoms with E-state index in [1.54, 1.807) is 64.1 Å². The molecular formula is C36H44O14. The van der Waals surface area contributed by atoms with Crippen LogP contribution in [-0.4, -0.2) is 110 Å². The zero-order valence-corrected chi connectivity index (χ0v) is 29.4. The summed E-state index contributed by atoms with van der Waals surface area (Å²) in [6.07, 6.45) is -7.08. The van der Waals surface area contributed by atoms with E-state index < -0.39 is 96.5 Å². The quantitative estimate of drug-likeness (QED) is 0.401. The van der Waals surface area contributed by atoms with E-state index in [2.05, 4.69) is 0 Å². The second-order valence-electron chi connectivity index (χ2n) is 15.3. The van der Waals surface area contributed by atoms with Gasteiger partial charge in [0.25, 0.3) is 0 Å². The Morgan fingerprint density at radius 2 is 0.940 bits per heavy atom. The highest BCUT2D eigenvalue weighted by Crippen LogP contribution is 2.44. The number of carbonyl (C=O) groups excluding carboxylic acids is 2. The van der Waals surface area contributed by atoms with Gasteiger partial charge in [0.2, 0.25) is 0 Å². The van der Waals surface area contributed by atoms with Crippen LogP contribution in [-0.2, 0) is 56.8 Å². The molecule has 50 heavy (non-hydrogen) atoms. The Balaban J connectivity index is 1.05. The minimum Gasteiger partial charge on any atom is -0.453 e. The summed E-state index contributed by atoms with van der Waals surface area (Å²) in [7, 11) is 0. The molecule has 10 atom stereocenters.